The fourth-order valence-corrected chi connectivity index (χ4v) is 7.28. The first-order valence-corrected chi connectivity index (χ1v) is 16.5. The second kappa shape index (κ2) is 13.0. The molecule has 1 atom stereocenters. The summed E-state index contributed by atoms with van der Waals surface area (Å²) in [6, 6.07) is 29.8. The number of nitrogens with zero attached hydrogens (tertiary/aromatic N) is 3. The van der Waals surface area contributed by atoms with Gasteiger partial charge in [-0.25, -0.2) is 4.99 Å². The van der Waals surface area contributed by atoms with Crippen molar-refractivity contribution < 1.29 is 14.3 Å². The third-order valence-corrected chi connectivity index (χ3v) is 9.63. The minimum Gasteiger partial charge on any atom is -0.493 e. The van der Waals surface area contributed by atoms with Gasteiger partial charge >= 0.3 is 0 Å². The molecule has 0 radical (unpaired) electrons. The number of benzene rings is 4. The van der Waals surface area contributed by atoms with Gasteiger partial charge in [-0.15, -0.1) is 0 Å². The Labute approximate surface area is 285 Å². The van der Waals surface area contributed by atoms with Crippen molar-refractivity contribution in [3.63, 3.8) is 0 Å². The Morgan fingerprint density at radius 3 is 2.44 bits per heavy atom. The molecule has 48 heavy (non-hydrogen) atoms. The van der Waals surface area contributed by atoms with Crippen molar-refractivity contribution in [2.75, 3.05) is 19.5 Å². The number of nitrogens with one attached hydrogen (secondary N) is 1. The second-order valence-corrected chi connectivity index (χ2v) is 12.8. The minimum atomic E-state index is -0.766. The number of anilines is 1. The second-order valence-electron chi connectivity index (χ2n) is 11.4. The SMILES string of the molecule is COc1ccc([C@@H]2C(C(=O)Nc3ccccc3)=C(C)N=c3s/c(=C\c4cn(Cc5ccc(Cl)cc5)c5ccccc45)c(=O)n32)cc1OC. The van der Waals surface area contributed by atoms with Crippen LogP contribution in [-0.4, -0.2) is 29.3 Å². The summed E-state index contributed by atoms with van der Waals surface area (Å²) < 4.78 is 15.4. The van der Waals surface area contributed by atoms with E-state index in [1.54, 1.807) is 37.8 Å². The van der Waals surface area contributed by atoms with Crippen LogP contribution in [0.4, 0.5) is 5.69 Å². The van der Waals surface area contributed by atoms with Gasteiger partial charge < -0.3 is 19.4 Å². The zero-order valence-electron chi connectivity index (χ0n) is 26.4. The quantitative estimate of drug-likeness (QED) is 0.199. The average molecular weight is 675 g/mol. The van der Waals surface area contributed by atoms with E-state index in [1.165, 1.54) is 11.3 Å². The van der Waals surface area contributed by atoms with Crippen LogP contribution >= 0.6 is 22.9 Å². The van der Waals surface area contributed by atoms with Crippen LogP contribution in [0.15, 0.2) is 124 Å². The summed E-state index contributed by atoms with van der Waals surface area (Å²) in [5, 5.41) is 4.70. The molecule has 6 aromatic rings. The van der Waals surface area contributed by atoms with Crippen LogP contribution in [0.25, 0.3) is 17.0 Å². The molecule has 1 aliphatic heterocycles. The highest BCUT2D eigenvalue weighted by Gasteiger charge is 2.33. The van der Waals surface area contributed by atoms with Crippen molar-refractivity contribution in [1.82, 2.24) is 9.13 Å². The van der Waals surface area contributed by atoms with E-state index in [2.05, 4.69) is 28.2 Å². The predicted octanol–water partition coefficient (Wildman–Crippen LogP) is 6.55. The number of thiazole rings is 1. The lowest BCUT2D eigenvalue weighted by Gasteiger charge is -2.26. The van der Waals surface area contributed by atoms with Crippen molar-refractivity contribution in [3.8, 4) is 11.5 Å². The van der Waals surface area contributed by atoms with Gasteiger partial charge in [0.25, 0.3) is 11.5 Å². The Hall–Kier alpha value is -5.38. The maximum atomic E-state index is 14.4. The van der Waals surface area contributed by atoms with E-state index < -0.39 is 6.04 Å². The Bertz CT molecular complexity index is 2390. The van der Waals surface area contributed by atoms with Crippen molar-refractivity contribution >= 4 is 51.5 Å². The molecule has 1 aliphatic rings. The van der Waals surface area contributed by atoms with Gasteiger partial charge in [0, 0.05) is 39.9 Å². The Morgan fingerprint density at radius 2 is 1.69 bits per heavy atom. The van der Waals surface area contributed by atoms with Crippen LogP contribution < -0.4 is 29.7 Å². The number of hydrogen-bond acceptors (Lipinski definition) is 6. The van der Waals surface area contributed by atoms with Gasteiger partial charge in [0.15, 0.2) is 16.3 Å². The number of amides is 1. The Morgan fingerprint density at radius 1 is 0.958 bits per heavy atom. The number of fused-ring (bicyclic) bond motifs is 2. The highest BCUT2D eigenvalue weighted by Crippen LogP contribution is 2.36. The first-order chi connectivity index (χ1) is 23.3. The molecule has 0 spiro atoms. The van der Waals surface area contributed by atoms with Crippen LogP contribution in [0, 0.1) is 0 Å². The molecule has 1 N–H and O–H groups in total. The van der Waals surface area contributed by atoms with E-state index in [9.17, 15) is 9.59 Å². The first-order valence-electron chi connectivity index (χ1n) is 15.3. The first kappa shape index (κ1) is 31.2. The highest BCUT2D eigenvalue weighted by molar-refractivity contribution is 7.07. The van der Waals surface area contributed by atoms with Gasteiger partial charge in [0.2, 0.25) is 0 Å². The lowest BCUT2D eigenvalue weighted by atomic mass is 9.94. The monoisotopic (exact) mass is 674 g/mol. The molecule has 10 heteroatoms. The molecule has 0 saturated heterocycles. The third-order valence-electron chi connectivity index (χ3n) is 8.39. The van der Waals surface area contributed by atoms with E-state index in [-0.39, 0.29) is 11.5 Å². The van der Waals surface area contributed by atoms with Gasteiger partial charge in [-0.1, -0.05) is 77.5 Å². The minimum absolute atomic E-state index is 0.245. The third kappa shape index (κ3) is 5.83. The fourth-order valence-electron chi connectivity index (χ4n) is 6.12. The largest absolute Gasteiger partial charge is 0.493 e. The van der Waals surface area contributed by atoms with Gasteiger partial charge in [-0.3, -0.25) is 14.2 Å². The van der Waals surface area contributed by atoms with Crippen LogP contribution in [0.3, 0.4) is 0 Å². The summed E-state index contributed by atoms with van der Waals surface area (Å²) in [7, 11) is 3.12. The van der Waals surface area contributed by atoms with Crippen molar-refractivity contribution in [2.45, 2.75) is 19.5 Å². The van der Waals surface area contributed by atoms with E-state index in [4.69, 9.17) is 26.1 Å². The summed E-state index contributed by atoms with van der Waals surface area (Å²) >= 11 is 7.42. The predicted molar refractivity (Wildman–Crippen MR) is 191 cm³/mol. The zero-order valence-corrected chi connectivity index (χ0v) is 28.0. The molecule has 4 aromatic carbocycles. The number of ether oxygens (including phenoxy) is 2. The summed E-state index contributed by atoms with van der Waals surface area (Å²) in [6.07, 6.45) is 3.98. The molecule has 3 heterocycles. The van der Waals surface area contributed by atoms with Crippen LogP contribution in [0.1, 0.15) is 29.7 Å². The number of allylic oxidation sites excluding steroid dienone is 1. The number of hydrogen-bond donors (Lipinski definition) is 1. The standard InChI is InChI=1S/C38H31ClN4O4S/c1-23-34(36(44)41-28-9-5-4-6-10-28)35(25-15-18-31(46-2)32(19-25)47-3)43-37(45)33(48-38(43)40-23)20-26-22-42(30-12-8-7-11-29(26)30)21-24-13-16-27(39)17-14-24/h4-20,22,35H,21H2,1-3H3,(H,41,44)/b33-20-/t35-/m1/s1. The molecule has 0 fully saturated rings. The molecule has 1 amide bonds. The summed E-state index contributed by atoms with van der Waals surface area (Å²) in [5.41, 5.74) is 5.04. The van der Waals surface area contributed by atoms with Crippen molar-refractivity contribution in [1.29, 1.82) is 0 Å². The number of carbonyl (C=O) groups is 1. The highest BCUT2D eigenvalue weighted by atomic mass is 35.5. The van der Waals surface area contributed by atoms with Gasteiger partial charge in [0.1, 0.15) is 0 Å². The van der Waals surface area contributed by atoms with E-state index in [0.717, 1.165) is 22.0 Å². The summed E-state index contributed by atoms with van der Waals surface area (Å²) in [4.78, 5) is 33.7. The number of carbonyl (C=O) groups excluding carboxylic acids is 1. The number of rotatable bonds is 8. The zero-order chi connectivity index (χ0) is 33.4. The lowest BCUT2D eigenvalue weighted by molar-refractivity contribution is -0.113. The molecular formula is C38H31ClN4O4S. The molecule has 240 valence electrons. The van der Waals surface area contributed by atoms with Crippen LogP contribution in [0.2, 0.25) is 5.02 Å². The molecule has 7 rings (SSSR count). The van der Waals surface area contributed by atoms with E-state index in [1.807, 2.05) is 78.9 Å². The molecular weight excluding hydrogens is 644 g/mol. The van der Waals surface area contributed by atoms with Gasteiger partial charge in [-0.2, -0.15) is 0 Å². The summed E-state index contributed by atoms with van der Waals surface area (Å²) in [5.74, 6) is 0.685. The number of methoxy groups -OCH3 is 2. The smallest absolute Gasteiger partial charge is 0.271 e. The number of aromatic nitrogens is 2. The van der Waals surface area contributed by atoms with E-state index >= 15 is 0 Å². The lowest BCUT2D eigenvalue weighted by Crippen LogP contribution is -2.40. The molecule has 2 aromatic heterocycles. The molecule has 0 aliphatic carbocycles. The van der Waals surface area contributed by atoms with Gasteiger partial charge in [-0.05, 0) is 66.6 Å². The molecule has 8 nitrogen and oxygen atoms in total. The van der Waals surface area contributed by atoms with E-state index in [0.29, 0.717) is 54.9 Å². The van der Waals surface area contributed by atoms with Crippen molar-refractivity contribution in [2.24, 2.45) is 4.99 Å². The molecule has 0 unspecified atom stereocenters. The summed E-state index contributed by atoms with van der Waals surface area (Å²) in [6.45, 7) is 2.44. The topological polar surface area (TPSA) is 86.9 Å². The fraction of sp³-hybridized carbons (Fsp3) is 0.132. The maximum absolute atomic E-state index is 14.4. The number of para-hydroxylation sites is 2. The van der Waals surface area contributed by atoms with Gasteiger partial charge in [0.05, 0.1) is 36.1 Å². The van der Waals surface area contributed by atoms with Crippen molar-refractivity contribution in [3.05, 3.63) is 156 Å². The maximum Gasteiger partial charge on any atom is 0.271 e. The Balaban J connectivity index is 1.37. The van der Waals surface area contributed by atoms with Crippen LogP contribution in [-0.2, 0) is 11.3 Å². The Kier molecular flexibility index (Phi) is 8.47. The number of halogens is 1. The molecule has 0 saturated carbocycles. The normalized spacial score (nSPS) is 14.5. The average Bonchev–Trinajstić information content (AvgIpc) is 3.60. The molecule has 0 bridgehead atoms. The van der Waals surface area contributed by atoms with Crippen LogP contribution in [0.5, 0.6) is 11.5 Å².